The Morgan fingerprint density at radius 3 is 2.45 bits per heavy atom. The van der Waals surface area contributed by atoms with Crippen LogP contribution in [0.5, 0.6) is 5.75 Å². The number of nitrogens with zero attached hydrogens (tertiary/aromatic N) is 1. The van der Waals surface area contributed by atoms with Gasteiger partial charge in [-0.05, 0) is 56.0 Å². The van der Waals surface area contributed by atoms with Gasteiger partial charge in [-0.25, -0.2) is 0 Å². The van der Waals surface area contributed by atoms with Crippen molar-refractivity contribution >= 4 is 23.4 Å². The zero-order valence-corrected chi connectivity index (χ0v) is 17.7. The Balaban J connectivity index is 1.40. The number of hydrogen-bond acceptors (Lipinski definition) is 3. The topological polar surface area (TPSA) is 58.6 Å². The van der Waals surface area contributed by atoms with E-state index in [-0.39, 0.29) is 24.5 Å². The van der Waals surface area contributed by atoms with E-state index >= 15 is 0 Å². The zero-order valence-electron chi connectivity index (χ0n) is 16.9. The molecule has 3 rings (SSSR count). The maximum absolute atomic E-state index is 12.5. The lowest BCUT2D eigenvalue weighted by molar-refractivity contribution is -0.131. The van der Waals surface area contributed by atoms with E-state index < -0.39 is 0 Å². The van der Waals surface area contributed by atoms with E-state index in [1.54, 1.807) is 12.1 Å². The molecular weight excluding hydrogens is 388 g/mol. The number of benzene rings is 2. The molecule has 6 heteroatoms. The largest absolute Gasteiger partial charge is 0.484 e. The lowest BCUT2D eigenvalue weighted by atomic mass is 10.0. The van der Waals surface area contributed by atoms with Crippen molar-refractivity contribution in [2.75, 3.05) is 19.7 Å². The second-order valence-electron chi connectivity index (χ2n) is 7.58. The molecule has 1 heterocycles. The molecule has 0 atom stereocenters. The highest BCUT2D eigenvalue weighted by atomic mass is 35.5. The molecule has 0 saturated carbocycles. The molecule has 0 unspecified atom stereocenters. The Hall–Kier alpha value is -2.53. The molecule has 0 bridgehead atoms. The number of rotatable bonds is 6. The van der Waals surface area contributed by atoms with Gasteiger partial charge in [-0.2, -0.15) is 0 Å². The van der Waals surface area contributed by atoms with Crippen molar-refractivity contribution in [2.45, 2.75) is 39.2 Å². The van der Waals surface area contributed by atoms with Crippen molar-refractivity contribution in [2.24, 2.45) is 0 Å². The molecule has 2 aromatic carbocycles. The minimum atomic E-state index is -0.129. The third kappa shape index (κ3) is 6.23. The van der Waals surface area contributed by atoms with Crippen LogP contribution in [0.1, 0.15) is 29.5 Å². The molecule has 1 aliphatic heterocycles. The van der Waals surface area contributed by atoms with Crippen LogP contribution in [0.2, 0.25) is 5.02 Å². The lowest BCUT2D eigenvalue weighted by Gasteiger charge is -2.32. The van der Waals surface area contributed by atoms with Gasteiger partial charge in [0.15, 0.2) is 6.61 Å². The summed E-state index contributed by atoms with van der Waals surface area (Å²) in [6, 6.07) is 13.3. The number of ether oxygens (including phenoxy) is 1. The fourth-order valence-corrected chi connectivity index (χ4v) is 3.66. The number of likely N-dealkylation sites (tertiary alicyclic amines) is 1. The van der Waals surface area contributed by atoms with E-state index in [2.05, 4.69) is 5.32 Å². The predicted molar refractivity (Wildman–Crippen MR) is 114 cm³/mol. The number of carbonyl (C=O) groups is 2. The van der Waals surface area contributed by atoms with Crippen molar-refractivity contribution in [3.63, 3.8) is 0 Å². The minimum absolute atomic E-state index is 0.000384. The van der Waals surface area contributed by atoms with E-state index in [4.69, 9.17) is 16.3 Å². The van der Waals surface area contributed by atoms with E-state index in [1.807, 2.05) is 49.1 Å². The van der Waals surface area contributed by atoms with Crippen LogP contribution in [0.15, 0.2) is 42.5 Å². The summed E-state index contributed by atoms with van der Waals surface area (Å²) in [7, 11) is 0. The number of nitrogens with one attached hydrogen (secondary N) is 1. The van der Waals surface area contributed by atoms with E-state index in [0.717, 1.165) is 35.3 Å². The number of halogens is 1. The molecule has 1 N–H and O–H groups in total. The molecular formula is C23H27ClN2O3. The van der Waals surface area contributed by atoms with Crippen LogP contribution < -0.4 is 10.1 Å². The zero-order chi connectivity index (χ0) is 20.8. The Bertz CT molecular complexity index is 859. The maximum atomic E-state index is 12.5. The summed E-state index contributed by atoms with van der Waals surface area (Å²) in [6.07, 6.45) is 1.88. The molecule has 1 saturated heterocycles. The Morgan fingerprint density at radius 2 is 1.79 bits per heavy atom. The summed E-state index contributed by atoms with van der Waals surface area (Å²) in [4.78, 5) is 26.6. The monoisotopic (exact) mass is 414 g/mol. The van der Waals surface area contributed by atoms with Crippen molar-refractivity contribution < 1.29 is 14.3 Å². The van der Waals surface area contributed by atoms with Crippen molar-refractivity contribution in [1.29, 1.82) is 0 Å². The smallest absolute Gasteiger partial charge is 0.258 e. The Morgan fingerprint density at radius 1 is 1.10 bits per heavy atom. The number of aryl methyl sites for hydroxylation is 2. The van der Waals surface area contributed by atoms with Gasteiger partial charge in [-0.1, -0.05) is 41.4 Å². The Kier molecular flexibility index (Phi) is 7.15. The van der Waals surface area contributed by atoms with Gasteiger partial charge in [0.1, 0.15) is 5.75 Å². The second-order valence-corrected chi connectivity index (χ2v) is 8.02. The van der Waals surface area contributed by atoms with Gasteiger partial charge < -0.3 is 15.0 Å². The third-order valence-corrected chi connectivity index (χ3v) is 5.42. The van der Waals surface area contributed by atoms with Gasteiger partial charge in [0, 0.05) is 24.2 Å². The van der Waals surface area contributed by atoms with Gasteiger partial charge in [0.25, 0.3) is 5.91 Å². The predicted octanol–water partition coefficient (Wildman–Crippen LogP) is 3.69. The number of amides is 2. The van der Waals surface area contributed by atoms with E-state index in [1.165, 1.54) is 0 Å². The van der Waals surface area contributed by atoms with Crippen LogP contribution in [-0.2, 0) is 16.0 Å². The van der Waals surface area contributed by atoms with Crippen LogP contribution in [0, 0.1) is 13.8 Å². The van der Waals surface area contributed by atoms with Crippen molar-refractivity contribution in [3.05, 3.63) is 64.2 Å². The quantitative estimate of drug-likeness (QED) is 0.784. The fourth-order valence-electron chi connectivity index (χ4n) is 3.54. The number of piperidine rings is 1. The molecule has 0 aromatic heterocycles. The van der Waals surface area contributed by atoms with E-state index in [0.29, 0.717) is 24.5 Å². The number of carbonyl (C=O) groups excluding carboxylic acids is 2. The lowest BCUT2D eigenvalue weighted by Crippen LogP contribution is -2.47. The molecule has 0 spiro atoms. The van der Waals surface area contributed by atoms with Crippen LogP contribution >= 0.6 is 11.6 Å². The van der Waals surface area contributed by atoms with Crippen molar-refractivity contribution in [1.82, 2.24) is 10.2 Å². The third-order valence-electron chi connectivity index (χ3n) is 5.17. The molecule has 1 aliphatic rings. The molecule has 0 radical (unpaired) electrons. The van der Waals surface area contributed by atoms with Gasteiger partial charge in [-0.3, -0.25) is 9.59 Å². The van der Waals surface area contributed by atoms with Gasteiger partial charge in [0.2, 0.25) is 5.91 Å². The highest BCUT2D eigenvalue weighted by molar-refractivity contribution is 6.30. The average molecular weight is 415 g/mol. The van der Waals surface area contributed by atoms with Gasteiger partial charge >= 0.3 is 0 Å². The van der Waals surface area contributed by atoms with Crippen LogP contribution in [0.3, 0.4) is 0 Å². The standard InChI is InChI=1S/C23H27ClN2O3/c1-16-3-8-21(17(2)13-16)29-15-22(27)25-20-9-11-26(12-10-20)23(28)14-18-4-6-19(24)7-5-18/h3-8,13,20H,9-12,14-15H2,1-2H3,(H,25,27). The highest BCUT2D eigenvalue weighted by Gasteiger charge is 2.24. The van der Waals surface area contributed by atoms with Crippen LogP contribution in [0.4, 0.5) is 0 Å². The molecule has 2 aromatic rings. The van der Waals surface area contributed by atoms with Crippen LogP contribution in [0.25, 0.3) is 0 Å². The first-order valence-corrected chi connectivity index (χ1v) is 10.3. The summed E-state index contributed by atoms with van der Waals surface area (Å²) in [5.41, 5.74) is 3.14. The maximum Gasteiger partial charge on any atom is 0.258 e. The minimum Gasteiger partial charge on any atom is -0.484 e. The first kappa shape index (κ1) is 21.2. The molecule has 29 heavy (non-hydrogen) atoms. The molecule has 5 nitrogen and oxygen atoms in total. The van der Waals surface area contributed by atoms with Gasteiger partial charge in [0.05, 0.1) is 6.42 Å². The summed E-state index contributed by atoms with van der Waals surface area (Å²) in [6.45, 7) is 5.29. The first-order valence-electron chi connectivity index (χ1n) is 9.92. The summed E-state index contributed by atoms with van der Waals surface area (Å²) < 4.78 is 5.64. The molecule has 0 aliphatic carbocycles. The van der Waals surface area contributed by atoms with Crippen LogP contribution in [-0.4, -0.2) is 42.5 Å². The molecule has 154 valence electrons. The van der Waals surface area contributed by atoms with Crippen molar-refractivity contribution in [3.8, 4) is 5.75 Å². The highest BCUT2D eigenvalue weighted by Crippen LogP contribution is 2.19. The Labute approximate surface area is 177 Å². The summed E-state index contributed by atoms with van der Waals surface area (Å²) >= 11 is 5.89. The fraction of sp³-hybridized carbons (Fsp3) is 0.391. The van der Waals surface area contributed by atoms with E-state index in [9.17, 15) is 9.59 Å². The second kappa shape index (κ2) is 9.79. The normalized spacial score (nSPS) is 14.5. The summed E-state index contributed by atoms with van der Waals surface area (Å²) in [5, 5.41) is 3.68. The average Bonchev–Trinajstić information content (AvgIpc) is 2.69. The first-order chi connectivity index (χ1) is 13.9. The van der Waals surface area contributed by atoms with Gasteiger partial charge in [-0.15, -0.1) is 0 Å². The molecule has 1 fully saturated rings. The number of hydrogen-bond donors (Lipinski definition) is 1. The SMILES string of the molecule is Cc1ccc(OCC(=O)NC2CCN(C(=O)Cc3ccc(Cl)cc3)CC2)c(C)c1. The molecule has 2 amide bonds. The summed E-state index contributed by atoms with van der Waals surface area (Å²) in [5.74, 6) is 0.708.